The predicted molar refractivity (Wildman–Crippen MR) is 56.0 cm³/mol. The lowest BCUT2D eigenvalue weighted by molar-refractivity contribution is -0.121. The Labute approximate surface area is 89.3 Å². The zero-order chi connectivity index (χ0) is 11.9. The molecule has 1 fully saturated rings. The van der Waals surface area contributed by atoms with Gasteiger partial charge in [0.2, 0.25) is 0 Å². The first-order chi connectivity index (χ1) is 6.74. The SMILES string of the molecule is C=C[C@@H]1C[C@]1(N)C(=O)NS(=O)(=O)N(C)C. The van der Waals surface area contributed by atoms with Crippen LogP contribution >= 0.6 is 0 Å². The lowest BCUT2D eigenvalue weighted by Crippen LogP contribution is -2.49. The van der Waals surface area contributed by atoms with Crippen molar-refractivity contribution in [2.45, 2.75) is 12.0 Å². The average Bonchev–Trinajstić information content (AvgIpc) is 2.78. The molecule has 0 aromatic carbocycles. The van der Waals surface area contributed by atoms with Crippen molar-refractivity contribution in [1.82, 2.24) is 9.03 Å². The van der Waals surface area contributed by atoms with E-state index in [9.17, 15) is 13.2 Å². The highest BCUT2D eigenvalue weighted by atomic mass is 32.2. The monoisotopic (exact) mass is 233 g/mol. The number of hydrogen-bond acceptors (Lipinski definition) is 4. The van der Waals surface area contributed by atoms with Gasteiger partial charge < -0.3 is 5.73 Å². The van der Waals surface area contributed by atoms with Crippen molar-refractivity contribution in [3.63, 3.8) is 0 Å². The van der Waals surface area contributed by atoms with Gasteiger partial charge in [-0.1, -0.05) is 6.08 Å². The lowest BCUT2D eigenvalue weighted by Gasteiger charge is -2.15. The molecule has 0 saturated heterocycles. The molecule has 1 aliphatic rings. The van der Waals surface area contributed by atoms with Gasteiger partial charge in [0.25, 0.3) is 5.91 Å². The highest BCUT2D eigenvalue weighted by Gasteiger charge is 2.56. The molecule has 0 bridgehead atoms. The molecule has 0 unspecified atom stereocenters. The fraction of sp³-hybridized carbons (Fsp3) is 0.625. The van der Waals surface area contributed by atoms with Crippen LogP contribution in [0.15, 0.2) is 12.7 Å². The summed E-state index contributed by atoms with van der Waals surface area (Å²) in [6, 6.07) is 0. The summed E-state index contributed by atoms with van der Waals surface area (Å²) in [5, 5.41) is 0. The molecule has 3 N–H and O–H groups in total. The number of amides is 1. The van der Waals surface area contributed by atoms with E-state index in [1.165, 1.54) is 14.1 Å². The van der Waals surface area contributed by atoms with Crippen LogP contribution in [0, 0.1) is 5.92 Å². The number of nitrogens with zero attached hydrogens (tertiary/aromatic N) is 1. The minimum absolute atomic E-state index is 0.144. The summed E-state index contributed by atoms with van der Waals surface area (Å²) in [4.78, 5) is 11.5. The molecule has 1 rings (SSSR count). The first-order valence-corrected chi connectivity index (χ1v) is 5.84. The van der Waals surface area contributed by atoms with Crippen LogP contribution in [0.25, 0.3) is 0 Å². The molecule has 7 heteroatoms. The Morgan fingerprint density at radius 3 is 2.53 bits per heavy atom. The quantitative estimate of drug-likeness (QED) is 0.597. The Morgan fingerprint density at radius 1 is 1.67 bits per heavy atom. The summed E-state index contributed by atoms with van der Waals surface area (Å²) in [6.07, 6.45) is 1.99. The van der Waals surface area contributed by atoms with Crippen molar-refractivity contribution in [3.8, 4) is 0 Å². The zero-order valence-corrected chi connectivity index (χ0v) is 9.54. The molecule has 1 aliphatic carbocycles. The van der Waals surface area contributed by atoms with E-state index >= 15 is 0 Å². The Hall–Kier alpha value is -0.920. The highest BCUT2D eigenvalue weighted by Crippen LogP contribution is 2.41. The Morgan fingerprint density at radius 2 is 2.20 bits per heavy atom. The summed E-state index contributed by atoms with van der Waals surface area (Å²) in [7, 11) is -1.09. The highest BCUT2D eigenvalue weighted by molar-refractivity contribution is 7.87. The molecule has 0 spiro atoms. The molecule has 6 nitrogen and oxygen atoms in total. The number of carbonyl (C=O) groups excluding carboxylic acids is 1. The van der Waals surface area contributed by atoms with Crippen molar-refractivity contribution in [3.05, 3.63) is 12.7 Å². The molecule has 1 saturated carbocycles. The minimum Gasteiger partial charge on any atom is -0.317 e. The maximum Gasteiger partial charge on any atom is 0.303 e. The second kappa shape index (κ2) is 3.58. The van der Waals surface area contributed by atoms with Crippen LogP contribution in [-0.2, 0) is 15.0 Å². The van der Waals surface area contributed by atoms with Crippen molar-refractivity contribution in [2.75, 3.05) is 14.1 Å². The van der Waals surface area contributed by atoms with Crippen LogP contribution in [0.4, 0.5) is 0 Å². The van der Waals surface area contributed by atoms with E-state index < -0.39 is 21.7 Å². The van der Waals surface area contributed by atoms with Gasteiger partial charge >= 0.3 is 10.2 Å². The average molecular weight is 233 g/mol. The number of hydrogen-bond donors (Lipinski definition) is 2. The first kappa shape index (κ1) is 12.2. The Balaban J connectivity index is 2.70. The number of nitrogens with one attached hydrogen (secondary N) is 1. The first-order valence-electron chi connectivity index (χ1n) is 4.40. The fourth-order valence-electron chi connectivity index (χ4n) is 1.16. The molecule has 15 heavy (non-hydrogen) atoms. The van der Waals surface area contributed by atoms with E-state index in [4.69, 9.17) is 5.73 Å². The second-order valence-corrected chi connectivity index (χ2v) is 5.69. The van der Waals surface area contributed by atoms with Gasteiger partial charge in [-0.15, -0.1) is 6.58 Å². The minimum atomic E-state index is -3.75. The molecular weight excluding hydrogens is 218 g/mol. The third-order valence-electron chi connectivity index (χ3n) is 2.47. The lowest BCUT2D eigenvalue weighted by atomic mass is 10.2. The second-order valence-electron chi connectivity index (χ2n) is 3.81. The van der Waals surface area contributed by atoms with Crippen LogP contribution in [0.1, 0.15) is 6.42 Å². The Bertz CT molecular complexity index is 390. The van der Waals surface area contributed by atoms with Gasteiger partial charge in [-0.2, -0.15) is 12.7 Å². The van der Waals surface area contributed by atoms with Gasteiger partial charge in [0.15, 0.2) is 0 Å². The van der Waals surface area contributed by atoms with Crippen LogP contribution in [-0.4, -0.2) is 38.3 Å². The summed E-state index contributed by atoms with van der Waals surface area (Å²) < 4.78 is 25.5. The van der Waals surface area contributed by atoms with Gasteiger partial charge in [-0.25, -0.2) is 4.72 Å². The third-order valence-corrected chi connectivity index (χ3v) is 3.87. The van der Waals surface area contributed by atoms with Crippen LogP contribution < -0.4 is 10.5 Å². The van der Waals surface area contributed by atoms with Crippen molar-refractivity contribution >= 4 is 16.1 Å². The molecule has 0 heterocycles. The molecule has 0 aromatic heterocycles. The van der Waals surface area contributed by atoms with Gasteiger partial charge in [0.05, 0.1) is 0 Å². The molecule has 0 aromatic rings. The van der Waals surface area contributed by atoms with Crippen LogP contribution in [0.2, 0.25) is 0 Å². The maximum absolute atomic E-state index is 11.5. The molecule has 0 radical (unpaired) electrons. The van der Waals surface area contributed by atoms with Crippen molar-refractivity contribution in [2.24, 2.45) is 11.7 Å². The van der Waals surface area contributed by atoms with Gasteiger partial charge in [-0.3, -0.25) is 4.79 Å². The van der Waals surface area contributed by atoms with E-state index in [0.29, 0.717) is 6.42 Å². The van der Waals surface area contributed by atoms with E-state index in [1.807, 2.05) is 4.72 Å². The molecule has 86 valence electrons. The molecule has 2 atom stereocenters. The van der Waals surface area contributed by atoms with E-state index in [0.717, 1.165) is 4.31 Å². The normalized spacial score (nSPS) is 30.0. The van der Waals surface area contributed by atoms with E-state index in [2.05, 4.69) is 6.58 Å². The fourth-order valence-corrected chi connectivity index (χ4v) is 1.77. The summed E-state index contributed by atoms with van der Waals surface area (Å²) in [5.41, 5.74) is 4.58. The number of nitrogens with two attached hydrogens (primary N) is 1. The van der Waals surface area contributed by atoms with Crippen molar-refractivity contribution in [1.29, 1.82) is 0 Å². The summed E-state index contributed by atoms with van der Waals surface area (Å²) in [5.74, 6) is -0.823. The van der Waals surface area contributed by atoms with Crippen LogP contribution in [0.3, 0.4) is 0 Å². The van der Waals surface area contributed by atoms with E-state index in [1.54, 1.807) is 6.08 Å². The smallest absolute Gasteiger partial charge is 0.303 e. The number of rotatable bonds is 4. The maximum atomic E-state index is 11.5. The molecule has 1 amide bonds. The zero-order valence-electron chi connectivity index (χ0n) is 8.73. The van der Waals surface area contributed by atoms with Gasteiger partial charge in [0, 0.05) is 20.0 Å². The molecule has 0 aliphatic heterocycles. The van der Waals surface area contributed by atoms with E-state index in [-0.39, 0.29) is 5.92 Å². The summed E-state index contributed by atoms with van der Waals surface area (Å²) in [6.45, 7) is 3.51. The topological polar surface area (TPSA) is 92.5 Å². The van der Waals surface area contributed by atoms with Gasteiger partial charge in [-0.05, 0) is 6.42 Å². The number of carbonyl (C=O) groups is 1. The molecular formula is C8H15N3O3S. The standard InChI is InChI=1S/C8H15N3O3S/c1-4-6-5-8(6,9)7(12)10-15(13,14)11(2)3/h4,6H,1,5,9H2,2-3H3,(H,10,12)/t6-,8-/m1/s1. The van der Waals surface area contributed by atoms with Gasteiger partial charge in [0.1, 0.15) is 5.54 Å². The Kier molecular flexibility index (Phi) is 2.90. The van der Waals surface area contributed by atoms with Crippen LogP contribution in [0.5, 0.6) is 0 Å². The summed E-state index contributed by atoms with van der Waals surface area (Å²) >= 11 is 0. The predicted octanol–water partition coefficient (Wildman–Crippen LogP) is -1.19. The van der Waals surface area contributed by atoms with Crippen molar-refractivity contribution < 1.29 is 13.2 Å². The third kappa shape index (κ3) is 2.19. The largest absolute Gasteiger partial charge is 0.317 e.